The van der Waals surface area contributed by atoms with E-state index >= 15 is 0 Å². The number of likely N-dealkylation sites (N-methyl/N-ethyl adjacent to an activating group) is 1. The number of nitrogens with one attached hydrogen (secondary N) is 2. The molecule has 0 aliphatic carbocycles. The van der Waals surface area contributed by atoms with Crippen LogP contribution in [0.15, 0.2) is 0 Å². The van der Waals surface area contributed by atoms with E-state index in [-0.39, 0.29) is 0 Å². The van der Waals surface area contributed by atoms with Crippen LogP contribution in [0.1, 0.15) is 6.42 Å². The minimum Gasteiger partial charge on any atom is -0.368 e. The molecule has 0 radical (unpaired) electrons. The summed E-state index contributed by atoms with van der Waals surface area (Å²) in [6, 6.07) is 0.445. The Balaban J connectivity index is 1.91. The predicted molar refractivity (Wildman–Crippen MR) is 50.3 cm³/mol. The lowest BCUT2D eigenvalue weighted by Gasteiger charge is -2.10. The molecule has 1 saturated heterocycles. The molecule has 1 unspecified atom stereocenters. The maximum absolute atomic E-state index is 5.40. The summed E-state index contributed by atoms with van der Waals surface area (Å²) >= 11 is 0. The summed E-state index contributed by atoms with van der Waals surface area (Å²) in [5.41, 5.74) is 5.40. The number of aromatic amines is 1. The zero-order valence-corrected chi connectivity index (χ0v) is 7.62. The molecule has 1 aliphatic heterocycles. The molecule has 0 spiro atoms. The van der Waals surface area contributed by atoms with Crippen molar-refractivity contribution in [3.05, 3.63) is 0 Å². The van der Waals surface area contributed by atoms with E-state index in [1.807, 2.05) is 0 Å². The number of hydrogen-bond acceptors (Lipinski definition) is 5. The van der Waals surface area contributed by atoms with Crippen molar-refractivity contribution in [3.63, 3.8) is 0 Å². The predicted octanol–water partition coefficient (Wildman–Crippen LogP) is -0.497. The van der Waals surface area contributed by atoms with Gasteiger partial charge in [0.25, 0.3) is 0 Å². The third kappa shape index (κ3) is 1.89. The molecule has 1 aliphatic rings. The van der Waals surface area contributed by atoms with Crippen LogP contribution in [0.25, 0.3) is 0 Å². The molecule has 0 amide bonds. The van der Waals surface area contributed by atoms with Gasteiger partial charge < -0.3 is 16.0 Å². The Labute approximate surface area is 76.5 Å². The van der Waals surface area contributed by atoms with Crippen LogP contribution < -0.4 is 11.1 Å². The number of rotatable bonds is 2. The van der Waals surface area contributed by atoms with E-state index in [0.717, 1.165) is 19.5 Å². The van der Waals surface area contributed by atoms with E-state index < -0.39 is 0 Å². The Bertz CT molecular complexity index is 282. The van der Waals surface area contributed by atoms with Crippen molar-refractivity contribution in [3.8, 4) is 0 Å². The van der Waals surface area contributed by atoms with Crippen LogP contribution in [-0.4, -0.2) is 46.3 Å². The van der Waals surface area contributed by atoms with Gasteiger partial charge in [0, 0.05) is 12.6 Å². The van der Waals surface area contributed by atoms with Gasteiger partial charge in [-0.05, 0) is 20.0 Å². The minimum absolute atomic E-state index is 0.355. The molecular weight excluding hydrogens is 168 g/mol. The van der Waals surface area contributed by atoms with Gasteiger partial charge in [-0.3, -0.25) is 0 Å². The Morgan fingerprint density at radius 2 is 2.54 bits per heavy atom. The zero-order chi connectivity index (χ0) is 9.26. The number of aromatic nitrogens is 3. The normalized spacial score (nSPS) is 23.6. The average Bonchev–Trinajstić information content (AvgIpc) is 2.62. The SMILES string of the molecule is CN1CCC(Nc2n[nH]c(N)n2)C1. The number of hydrogen-bond donors (Lipinski definition) is 3. The van der Waals surface area contributed by atoms with Crippen LogP contribution in [0.4, 0.5) is 11.9 Å². The van der Waals surface area contributed by atoms with Crippen molar-refractivity contribution in [2.45, 2.75) is 12.5 Å². The van der Waals surface area contributed by atoms with Crippen LogP contribution in [0.5, 0.6) is 0 Å². The lowest BCUT2D eigenvalue weighted by Crippen LogP contribution is -2.24. The average molecular weight is 182 g/mol. The highest BCUT2D eigenvalue weighted by molar-refractivity contribution is 5.31. The smallest absolute Gasteiger partial charge is 0.243 e. The Kier molecular flexibility index (Phi) is 2.05. The lowest BCUT2D eigenvalue weighted by molar-refractivity contribution is 0.414. The monoisotopic (exact) mass is 182 g/mol. The summed E-state index contributed by atoms with van der Waals surface area (Å²) < 4.78 is 0. The number of anilines is 2. The fourth-order valence-electron chi connectivity index (χ4n) is 1.57. The van der Waals surface area contributed by atoms with Crippen molar-refractivity contribution < 1.29 is 0 Å². The number of H-pyrrole nitrogens is 1. The fourth-order valence-corrected chi connectivity index (χ4v) is 1.57. The molecule has 2 rings (SSSR count). The van der Waals surface area contributed by atoms with E-state index in [1.165, 1.54) is 0 Å². The highest BCUT2D eigenvalue weighted by Crippen LogP contribution is 2.11. The summed E-state index contributed by atoms with van der Waals surface area (Å²) in [4.78, 5) is 6.25. The Morgan fingerprint density at radius 1 is 1.69 bits per heavy atom. The van der Waals surface area contributed by atoms with Gasteiger partial charge in [-0.1, -0.05) is 0 Å². The first-order valence-corrected chi connectivity index (χ1v) is 4.37. The summed E-state index contributed by atoms with van der Waals surface area (Å²) in [6.45, 7) is 2.16. The third-order valence-corrected chi connectivity index (χ3v) is 2.23. The van der Waals surface area contributed by atoms with Gasteiger partial charge in [-0.25, -0.2) is 5.10 Å². The number of likely N-dealkylation sites (tertiary alicyclic amines) is 1. The highest BCUT2D eigenvalue weighted by atomic mass is 15.3. The minimum atomic E-state index is 0.355. The van der Waals surface area contributed by atoms with E-state index in [1.54, 1.807) is 0 Å². The van der Waals surface area contributed by atoms with Crippen LogP contribution >= 0.6 is 0 Å². The van der Waals surface area contributed by atoms with Gasteiger partial charge in [-0.15, -0.1) is 5.10 Å². The maximum Gasteiger partial charge on any atom is 0.243 e. The molecule has 2 heterocycles. The van der Waals surface area contributed by atoms with Gasteiger partial charge in [0.1, 0.15) is 0 Å². The van der Waals surface area contributed by atoms with Crippen LogP contribution in [0, 0.1) is 0 Å². The van der Waals surface area contributed by atoms with E-state index in [9.17, 15) is 0 Å². The third-order valence-electron chi connectivity index (χ3n) is 2.23. The van der Waals surface area contributed by atoms with Gasteiger partial charge >= 0.3 is 0 Å². The van der Waals surface area contributed by atoms with Crippen LogP contribution in [0.3, 0.4) is 0 Å². The van der Waals surface area contributed by atoms with Crippen molar-refractivity contribution in [1.82, 2.24) is 20.1 Å². The van der Waals surface area contributed by atoms with Crippen molar-refractivity contribution >= 4 is 11.9 Å². The van der Waals surface area contributed by atoms with E-state index in [4.69, 9.17) is 5.73 Å². The van der Waals surface area contributed by atoms with Gasteiger partial charge in [-0.2, -0.15) is 4.98 Å². The summed E-state index contributed by atoms with van der Waals surface area (Å²) in [7, 11) is 2.11. The Hall–Kier alpha value is -1.30. The largest absolute Gasteiger partial charge is 0.368 e. The molecular formula is C7H14N6. The number of nitrogen functional groups attached to an aromatic ring is 1. The standard InChI is InChI=1S/C7H14N6/c1-13-3-2-5(4-13)9-7-10-6(8)11-12-7/h5H,2-4H2,1H3,(H4,8,9,10,11,12). The second-order valence-corrected chi connectivity index (χ2v) is 3.44. The molecule has 1 atom stereocenters. The summed E-state index contributed by atoms with van der Waals surface area (Å²) in [5.74, 6) is 0.951. The molecule has 0 saturated carbocycles. The maximum atomic E-state index is 5.40. The number of nitrogens with two attached hydrogens (primary N) is 1. The highest BCUT2D eigenvalue weighted by Gasteiger charge is 2.19. The van der Waals surface area contributed by atoms with Gasteiger partial charge in [0.05, 0.1) is 0 Å². The van der Waals surface area contributed by atoms with E-state index in [2.05, 4.69) is 32.4 Å². The second kappa shape index (κ2) is 3.21. The summed E-state index contributed by atoms with van der Waals surface area (Å²) in [6.07, 6.45) is 1.13. The van der Waals surface area contributed by atoms with Gasteiger partial charge in [0.2, 0.25) is 11.9 Å². The zero-order valence-electron chi connectivity index (χ0n) is 7.62. The fraction of sp³-hybridized carbons (Fsp3) is 0.714. The molecule has 6 nitrogen and oxygen atoms in total. The summed E-state index contributed by atoms with van der Waals surface area (Å²) in [5, 5.41) is 9.72. The molecule has 13 heavy (non-hydrogen) atoms. The first-order chi connectivity index (χ1) is 6.24. The van der Waals surface area contributed by atoms with Crippen LogP contribution in [-0.2, 0) is 0 Å². The first-order valence-electron chi connectivity index (χ1n) is 4.37. The molecule has 1 aromatic heterocycles. The van der Waals surface area contributed by atoms with Crippen LogP contribution in [0.2, 0.25) is 0 Å². The lowest BCUT2D eigenvalue weighted by atomic mass is 10.3. The second-order valence-electron chi connectivity index (χ2n) is 3.44. The molecule has 1 fully saturated rings. The molecule has 6 heteroatoms. The molecule has 1 aromatic rings. The number of nitrogens with zero attached hydrogens (tertiary/aromatic N) is 3. The molecule has 4 N–H and O–H groups in total. The molecule has 72 valence electrons. The van der Waals surface area contributed by atoms with E-state index in [0.29, 0.717) is 17.9 Å². The van der Waals surface area contributed by atoms with Crippen molar-refractivity contribution in [2.75, 3.05) is 31.2 Å². The molecule has 0 bridgehead atoms. The topological polar surface area (TPSA) is 82.9 Å². The van der Waals surface area contributed by atoms with Gasteiger partial charge in [0.15, 0.2) is 0 Å². The van der Waals surface area contributed by atoms with Crippen molar-refractivity contribution in [2.24, 2.45) is 0 Å². The van der Waals surface area contributed by atoms with Crippen molar-refractivity contribution in [1.29, 1.82) is 0 Å². The molecule has 0 aromatic carbocycles. The quantitative estimate of drug-likeness (QED) is 0.574. The Morgan fingerprint density at radius 3 is 3.08 bits per heavy atom. The first kappa shape index (κ1) is 8.31.